The van der Waals surface area contributed by atoms with E-state index in [1.165, 1.54) is 19.3 Å². The number of halogens is 1. The van der Waals surface area contributed by atoms with Gasteiger partial charge in [0.1, 0.15) is 6.54 Å². The normalized spacial score (nSPS) is 16.9. The minimum atomic E-state index is -0.121. The van der Waals surface area contributed by atoms with Crippen molar-refractivity contribution in [2.45, 2.75) is 64.0 Å². The van der Waals surface area contributed by atoms with E-state index < -0.39 is 0 Å². The van der Waals surface area contributed by atoms with Gasteiger partial charge in [-0.25, -0.2) is 0 Å². The van der Waals surface area contributed by atoms with Gasteiger partial charge in [-0.05, 0) is 49.3 Å². The first-order chi connectivity index (χ1) is 13.1. The maximum absolute atomic E-state index is 12.9. The second kappa shape index (κ2) is 7.89. The molecular weight excluding hydrogens is 360 g/mol. The Morgan fingerprint density at radius 1 is 1.07 bits per heavy atom. The van der Waals surface area contributed by atoms with E-state index >= 15 is 0 Å². The quantitative estimate of drug-likeness (QED) is 0.862. The van der Waals surface area contributed by atoms with Gasteiger partial charge >= 0.3 is 0 Å². The summed E-state index contributed by atoms with van der Waals surface area (Å²) in [5.41, 5.74) is 3.85. The Balaban J connectivity index is 1.63. The molecule has 1 aromatic heterocycles. The van der Waals surface area contributed by atoms with Crippen molar-refractivity contribution in [3.05, 3.63) is 57.0 Å². The smallest absolute Gasteiger partial charge is 0.251 e. The largest absolute Gasteiger partial charge is 0.352 e. The number of carbonyl (C=O) groups excluding carboxylic acids is 1. The highest BCUT2D eigenvalue weighted by molar-refractivity contribution is 6.33. The molecule has 4 rings (SSSR count). The van der Waals surface area contributed by atoms with E-state index in [1.807, 2.05) is 24.3 Å². The molecule has 0 atom stereocenters. The first-order valence-electron chi connectivity index (χ1n) is 9.93. The van der Waals surface area contributed by atoms with Crippen LogP contribution in [-0.2, 0) is 24.2 Å². The lowest BCUT2D eigenvalue weighted by Gasteiger charge is -2.23. The molecule has 1 amide bonds. The Morgan fingerprint density at radius 3 is 2.63 bits per heavy atom. The summed E-state index contributed by atoms with van der Waals surface area (Å²) in [4.78, 5) is 25.4. The lowest BCUT2D eigenvalue weighted by atomic mass is 9.95. The molecule has 5 heteroatoms. The van der Waals surface area contributed by atoms with Crippen LogP contribution in [-0.4, -0.2) is 16.5 Å². The SMILES string of the molecule is O=C(Cn1c2c(c(-c3ccccc3Cl)cc1=O)CCC2)NC1CCCCC1. The Hall–Kier alpha value is -2.07. The first kappa shape index (κ1) is 18.3. The fourth-order valence-corrected chi connectivity index (χ4v) is 4.73. The maximum Gasteiger partial charge on any atom is 0.251 e. The van der Waals surface area contributed by atoms with Crippen molar-refractivity contribution >= 4 is 17.5 Å². The van der Waals surface area contributed by atoms with Gasteiger partial charge in [0.25, 0.3) is 5.56 Å². The zero-order valence-corrected chi connectivity index (χ0v) is 16.2. The Kier molecular flexibility index (Phi) is 5.35. The summed E-state index contributed by atoms with van der Waals surface area (Å²) in [6.45, 7) is 0.112. The summed E-state index contributed by atoms with van der Waals surface area (Å²) in [5, 5.41) is 3.77. The Labute approximate surface area is 164 Å². The van der Waals surface area contributed by atoms with E-state index in [2.05, 4.69) is 5.32 Å². The van der Waals surface area contributed by atoms with E-state index in [0.29, 0.717) is 5.02 Å². The van der Waals surface area contributed by atoms with Crippen molar-refractivity contribution in [2.24, 2.45) is 0 Å². The van der Waals surface area contributed by atoms with Crippen LogP contribution in [0.25, 0.3) is 11.1 Å². The van der Waals surface area contributed by atoms with Crippen LogP contribution in [0.4, 0.5) is 0 Å². The second-order valence-corrected chi connectivity index (χ2v) is 8.05. The van der Waals surface area contributed by atoms with Crippen molar-refractivity contribution in [3.63, 3.8) is 0 Å². The van der Waals surface area contributed by atoms with Gasteiger partial charge in [-0.15, -0.1) is 0 Å². The third-order valence-corrected chi connectivity index (χ3v) is 6.14. The van der Waals surface area contributed by atoms with Gasteiger partial charge in [0.05, 0.1) is 0 Å². The molecule has 1 N–H and O–H groups in total. The minimum absolute atomic E-state index is 0.0522. The number of rotatable bonds is 4. The van der Waals surface area contributed by atoms with Gasteiger partial charge in [0.15, 0.2) is 0 Å². The molecule has 2 aliphatic carbocycles. The molecule has 0 radical (unpaired) electrons. The molecule has 0 spiro atoms. The summed E-state index contributed by atoms with van der Waals surface area (Å²) in [7, 11) is 0. The number of benzene rings is 1. The lowest BCUT2D eigenvalue weighted by molar-refractivity contribution is -0.122. The summed E-state index contributed by atoms with van der Waals surface area (Å²) in [6.07, 6.45) is 8.44. The van der Waals surface area contributed by atoms with Crippen LogP contribution in [0.3, 0.4) is 0 Å². The Morgan fingerprint density at radius 2 is 1.85 bits per heavy atom. The highest BCUT2D eigenvalue weighted by atomic mass is 35.5. The number of fused-ring (bicyclic) bond motifs is 1. The monoisotopic (exact) mass is 384 g/mol. The molecule has 2 aliphatic rings. The number of hydrogen-bond acceptors (Lipinski definition) is 2. The summed E-state index contributed by atoms with van der Waals surface area (Å²) in [5.74, 6) is -0.0522. The molecule has 1 saturated carbocycles. The topological polar surface area (TPSA) is 51.1 Å². The molecule has 1 fully saturated rings. The number of nitrogens with one attached hydrogen (secondary N) is 1. The summed E-state index contributed by atoms with van der Waals surface area (Å²) in [6, 6.07) is 9.54. The van der Waals surface area contributed by atoms with Gasteiger partial charge < -0.3 is 9.88 Å². The number of carbonyl (C=O) groups is 1. The van der Waals surface area contributed by atoms with Crippen LogP contribution in [0, 0.1) is 0 Å². The minimum Gasteiger partial charge on any atom is -0.352 e. The van der Waals surface area contributed by atoms with Gasteiger partial charge in [-0.2, -0.15) is 0 Å². The molecule has 4 nitrogen and oxygen atoms in total. The van der Waals surface area contributed by atoms with Gasteiger partial charge in [0, 0.05) is 28.4 Å². The average molecular weight is 385 g/mol. The van der Waals surface area contributed by atoms with Crippen LogP contribution < -0.4 is 10.9 Å². The van der Waals surface area contributed by atoms with E-state index in [9.17, 15) is 9.59 Å². The summed E-state index contributed by atoms with van der Waals surface area (Å²) < 4.78 is 1.67. The van der Waals surface area contributed by atoms with Crippen LogP contribution in [0.1, 0.15) is 49.8 Å². The lowest BCUT2D eigenvalue weighted by Crippen LogP contribution is -2.40. The van der Waals surface area contributed by atoms with Crippen LogP contribution in [0.2, 0.25) is 5.02 Å². The molecular formula is C22H25ClN2O2. The first-order valence-corrected chi connectivity index (χ1v) is 10.3. The maximum atomic E-state index is 12.9. The third-order valence-electron chi connectivity index (χ3n) is 5.81. The van der Waals surface area contributed by atoms with E-state index in [-0.39, 0.29) is 24.1 Å². The van der Waals surface area contributed by atoms with Crippen LogP contribution in [0.15, 0.2) is 35.1 Å². The highest BCUT2D eigenvalue weighted by Gasteiger charge is 2.24. The fourth-order valence-electron chi connectivity index (χ4n) is 4.49. The molecule has 142 valence electrons. The fraction of sp³-hybridized carbons (Fsp3) is 0.455. The number of aromatic nitrogens is 1. The van der Waals surface area contributed by atoms with Crippen LogP contribution in [0.5, 0.6) is 0 Å². The zero-order chi connectivity index (χ0) is 18.8. The number of nitrogens with zero attached hydrogens (tertiary/aromatic N) is 1. The molecule has 0 bridgehead atoms. The van der Waals surface area contributed by atoms with E-state index in [1.54, 1.807) is 10.6 Å². The van der Waals surface area contributed by atoms with Gasteiger partial charge in [-0.1, -0.05) is 49.1 Å². The zero-order valence-electron chi connectivity index (χ0n) is 15.5. The highest BCUT2D eigenvalue weighted by Crippen LogP contribution is 2.34. The molecule has 27 heavy (non-hydrogen) atoms. The predicted octanol–water partition coefficient (Wildman–Crippen LogP) is 4.11. The van der Waals surface area contributed by atoms with Crippen molar-refractivity contribution in [1.29, 1.82) is 0 Å². The Bertz CT molecular complexity index is 913. The third kappa shape index (κ3) is 3.81. The number of hydrogen-bond donors (Lipinski definition) is 1. The van der Waals surface area contributed by atoms with Gasteiger partial charge in [0.2, 0.25) is 5.91 Å². The number of amides is 1. The summed E-state index contributed by atoms with van der Waals surface area (Å²) >= 11 is 6.37. The number of pyridine rings is 1. The van der Waals surface area contributed by atoms with Crippen LogP contribution >= 0.6 is 11.6 Å². The van der Waals surface area contributed by atoms with E-state index in [0.717, 1.165) is 54.5 Å². The van der Waals surface area contributed by atoms with Crippen molar-refractivity contribution in [2.75, 3.05) is 0 Å². The molecule has 1 aromatic carbocycles. The standard InChI is InChI=1S/C22H25ClN2O2/c23-19-11-5-4-9-16(19)18-13-22(27)25(20-12-6-10-17(18)20)14-21(26)24-15-7-2-1-3-8-15/h4-5,9,11,13,15H,1-3,6-8,10,12,14H2,(H,24,26). The average Bonchev–Trinajstić information content (AvgIpc) is 3.15. The molecule has 2 aromatic rings. The van der Waals surface area contributed by atoms with E-state index in [4.69, 9.17) is 11.6 Å². The second-order valence-electron chi connectivity index (χ2n) is 7.64. The van der Waals surface area contributed by atoms with Crippen molar-refractivity contribution < 1.29 is 4.79 Å². The molecule has 0 aliphatic heterocycles. The molecule has 0 unspecified atom stereocenters. The molecule has 0 saturated heterocycles. The van der Waals surface area contributed by atoms with Gasteiger partial charge in [-0.3, -0.25) is 9.59 Å². The van der Waals surface area contributed by atoms with Crippen molar-refractivity contribution in [3.8, 4) is 11.1 Å². The molecule has 1 heterocycles. The predicted molar refractivity (Wildman–Crippen MR) is 108 cm³/mol. The van der Waals surface area contributed by atoms with Crippen molar-refractivity contribution in [1.82, 2.24) is 9.88 Å².